The molecule has 0 aliphatic heterocycles. The quantitative estimate of drug-likeness (QED) is 0.207. The van der Waals surface area contributed by atoms with E-state index in [-0.39, 0.29) is 0 Å². The van der Waals surface area contributed by atoms with E-state index in [0.717, 1.165) is 32.1 Å². The SMILES string of the molecule is C=CCC(C)(C)CCCCCC(=O)CCCCCC(C)(C)CCC. The summed E-state index contributed by atoms with van der Waals surface area (Å²) in [5.41, 5.74) is 0.857. The zero-order chi connectivity index (χ0) is 18.5. The minimum Gasteiger partial charge on any atom is -0.300 e. The van der Waals surface area contributed by atoms with Gasteiger partial charge in [0.25, 0.3) is 0 Å². The maximum absolute atomic E-state index is 12.0. The summed E-state index contributed by atoms with van der Waals surface area (Å²) in [5, 5.41) is 0. The zero-order valence-electron chi connectivity index (χ0n) is 17.4. The fraction of sp³-hybridized carbons (Fsp3) is 0.870. The number of carbonyl (C=O) groups is 1. The monoisotopic (exact) mass is 336 g/mol. The Kier molecular flexibility index (Phi) is 12.4. The molecule has 0 bridgehead atoms. The van der Waals surface area contributed by atoms with Gasteiger partial charge in [-0.3, -0.25) is 4.79 Å². The maximum atomic E-state index is 12.0. The molecule has 0 radical (unpaired) electrons. The van der Waals surface area contributed by atoms with Gasteiger partial charge in [-0.05, 0) is 49.4 Å². The van der Waals surface area contributed by atoms with E-state index in [0.29, 0.717) is 16.6 Å². The fourth-order valence-electron chi connectivity index (χ4n) is 3.62. The lowest BCUT2D eigenvalue weighted by atomic mass is 9.82. The van der Waals surface area contributed by atoms with E-state index in [2.05, 4.69) is 41.2 Å². The van der Waals surface area contributed by atoms with Crippen LogP contribution in [0.2, 0.25) is 0 Å². The second-order valence-corrected chi connectivity index (χ2v) is 9.23. The molecule has 0 aliphatic carbocycles. The third kappa shape index (κ3) is 13.8. The molecule has 24 heavy (non-hydrogen) atoms. The van der Waals surface area contributed by atoms with Crippen LogP contribution in [0.15, 0.2) is 12.7 Å². The predicted molar refractivity (Wildman–Crippen MR) is 108 cm³/mol. The van der Waals surface area contributed by atoms with E-state index >= 15 is 0 Å². The molecule has 0 heterocycles. The molecule has 1 nitrogen and oxygen atoms in total. The first-order valence-corrected chi connectivity index (χ1v) is 10.3. The highest BCUT2D eigenvalue weighted by molar-refractivity contribution is 5.78. The number of Topliss-reactive ketones (excluding diaryl/α,β-unsaturated/α-hetero) is 1. The van der Waals surface area contributed by atoms with E-state index in [9.17, 15) is 4.79 Å². The van der Waals surface area contributed by atoms with Crippen molar-refractivity contribution < 1.29 is 4.79 Å². The van der Waals surface area contributed by atoms with Crippen molar-refractivity contribution in [2.45, 2.75) is 118 Å². The summed E-state index contributed by atoms with van der Waals surface area (Å²) in [6.07, 6.45) is 16.9. The first-order chi connectivity index (χ1) is 11.2. The van der Waals surface area contributed by atoms with Crippen molar-refractivity contribution in [2.24, 2.45) is 10.8 Å². The summed E-state index contributed by atoms with van der Waals surface area (Å²) in [6, 6.07) is 0. The Labute approximate surface area is 152 Å². The lowest BCUT2D eigenvalue weighted by molar-refractivity contribution is -0.119. The van der Waals surface area contributed by atoms with Crippen LogP contribution in [-0.2, 0) is 4.79 Å². The highest BCUT2D eigenvalue weighted by Gasteiger charge is 2.16. The van der Waals surface area contributed by atoms with Gasteiger partial charge in [0, 0.05) is 12.8 Å². The van der Waals surface area contributed by atoms with Crippen LogP contribution in [0.4, 0.5) is 0 Å². The molecule has 0 N–H and O–H groups in total. The highest BCUT2D eigenvalue weighted by Crippen LogP contribution is 2.29. The van der Waals surface area contributed by atoms with Crippen LogP contribution in [-0.4, -0.2) is 5.78 Å². The summed E-state index contributed by atoms with van der Waals surface area (Å²) in [7, 11) is 0. The van der Waals surface area contributed by atoms with Gasteiger partial charge in [-0.15, -0.1) is 6.58 Å². The molecule has 0 aromatic rings. The van der Waals surface area contributed by atoms with Crippen molar-refractivity contribution in [1.82, 2.24) is 0 Å². The van der Waals surface area contributed by atoms with E-state index < -0.39 is 0 Å². The Morgan fingerprint density at radius 3 is 1.75 bits per heavy atom. The topological polar surface area (TPSA) is 17.1 Å². The smallest absolute Gasteiger partial charge is 0.132 e. The molecule has 0 aromatic heterocycles. The molecule has 0 saturated carbocycles. The van der Waals surface area contributed by atoms with Gasteiger partial charge in [-0.25, -0.2) is 0 Å². The van der Waals surface area contributed by atoms with Crippen LogP contribution in [0.5, 0.6) is 0 Å². The number of allylic oxidation sites excluding steroid dienone is 1. The average molecular weight is 337 g/mol. The molecule has 0 spiro atoms. The van der Waals surface area contributed by atoms with Gasteiger partial charge >= 0.3 is 0 Å². The number of carbonyl (C=O) groups excluding carboxylic acids is 1. The Morgan fingerprint density at radius 1 is 0.792 bits per heavy atom. The van der Waals surface area contributed by atoms with Gasteiger partial charge in [0.2, 0.25) is 0 Å². The number of unbranched alkanes of at least 4 members (excludes halogenated alkanes) is 4. The third-order valence-corrected chi connectivity index (χ3v) is 5.24. The summed E-state index contributed by atoms with van der Waals surface area (Å²) in [4.78, 5) is 12.0. The lowest BCUT2D eigenvalue weighted by Crippen LogP contribution is -2.10. The third-order valence-electron chi connectivity index (χ3n) is 5.24. The molecule has 1 heteroatoms. The van der Waals surface area contributed by atoms with Gasteiger partial charge in [-0.2, -0.15) is 0 Å². The second-order valence-electron chi connectivity index (χ2n) is 9.23. The molecule has 0 aliphatic rings. The molecular weight excluding hydrogens is 292 g/mol. The van der Waals surface area contributed by atoms with Crippen LogP contribution in [0.3, 0.4) is 0 Å². The normalized spacial score (nSPS) is 12.4. The Balaban J connectivity index is 3.56. The van der Waals surface area contributed by atoms with Crippen LogP contribution < -0.4 is 0 Å². The van der Waals surface area contributed by atoms with Crippen molar-refractivity contribution in [3.05, 3.63) is 12.7 Å². The minimum atomic E-state index is 0.372. The van der Waals surface area contributed by atoms with E-state index in [1.807, 2.05) is 6.08 Å². The first kappa shape index (κ1) is 23.4. The van der Waals surface area contributed by atoms with Crippen molar-refractivity contribution in [1.29, 1.82) is 0 Å². The van der Waals surface area contributed by atoms with Crippen LogP contribution in [0.1, 0.15) is 118 Å². The van der Waals surface area contributed by atoms with Crippen LogP contribution in [0, 0.1) is 10.8 Å². The lowest BCUT2D eigenvalue weighted by Gasteiger charge is -2.23. The molecule has 142 valence electrons. The number of hydrogen-bond donors (Lipinski definition) is 0. The largest absolute Gasteiger partial charge is 0.300 e. The van der Waals surface area contributed by atoms with E-state index in [4.69, 9.17) is 0 Å². The first-order valence-electron chi connectivity index (χ1n) is 10.3. The molecule has 0 rings (SSSR count). The molecule has 0 atom stereocenters. The fourth-order valence-corrected chi connectivity index (χ4v) is 3.62. The van der Waals surface area contributed by atoms with Gasteiger partial charge < -0.3 is 0 Å². The molecule has 0 fully saturated rings. The standard InChI is InChI=1S/C23H44O/c1-7-17-22(3,4)19-13-9-11-15-21(24)16-12-10-14-20-23(5,6)18-8-2/h7H,1,8-20H2,2-6H3. The van der Waals surface area contributed by atoms with Crippen molar-refractivity contribution in [2.75, 3.05) is 0 Å². The zero-order valence-corrected chi connectivity index (χ0v) is 17.4. The van der Waals surface area contributed by atoms with E-state index in [1.165, 1.54) is 51.4 Å². The van der Waals surface area contributed by atoms with Crippen molar-refractivity contribution in [3.63, 3.8) is 0 Å². The van der Waals surface area contributed by atoms with Crippen molar-refractivity contribution in [3.8, 4) is 0 Å². The van der Waals surface area contributed by atoms with E-state index in [1.54, 1.807) is 0 Å². The number of rotatable bonds is 16. The predicted octanol–water partition coefficient (Wildman–Crippen LogP) is 7.89. The molecular formula is C23H44O. The molecule has 0 unspecified atom stereocenters. The summed E-state index contributed by atoms with van der Waals surface area (Å²) < 4.78 is 0. The number of ketones is 1. The van der Waals surface area contributed by atoms with Crippen LogP contribution >= 0.6 is 0 Å². The molecule has 0 saturated heterocycles. The van der Waals surface area contributed by atoms with Gasteiger partial charge in [0.05, 0.1) is 0 Å². The number of hydrogen-bond acceptors (Lipinski definition) is 1. The Bertz CT molecular complexity index is 338. The van der Waals surface area contributed by atoms with Crippen molar-refractivity contribution >= 4 is 5.78 Å². The second kappa shape index (κ2) is 12.7. The summed E-state index contributed by atoms with van der Waals surface area (Å²) >= 11 is 0. The van der Waals surface area contributed by atoms with Crippen LogP contribution in [0.25, 0.3) is 0 Å². The van der Waals surface area contributed by atoms with Gasteiger partial charge in [0.1, 0.15) is 5.78 Å². The highest BCUT2D eigenvalue weighted by atomic mass is 16.1. The average Bonchev–Trinajstić information content (AvgIpc) is 2.46. The minimum absolute atomic E-state index is 0.372. The summed E-state index contributed by atoms with van der Waals surface area (Å²) in [5.74, 6) is 0.480. The molecule has 0 amide bonds. The Morgan fingerprint density at radius 2 is 1.29 bits per heavy atom. The maximum Gasteiger partial charge on any atom is 0.132 e. The van der Waals surface area contributed by atoms with Gasteiger partial charge in [-0.1, -0.05) is 72.8 Å². The van der Waals surface area contributed by atoms with Gasteiger partial charge in [0.15, 0.2) is 0 Å². The molecule has 0 aromatic carbocycles. The summed E-state index contributed by atoms with van der Waals surface area (Å²) in [6.45, 7) is 15.5. The Hall–Kier alpha value is -0.590.